The fourth-order valence-electron chi connectivity index (χ4n) is 5.43. The number of hydrogen-bond donors (Lipinski definition) is 9. The lowest BCUT2D eigenvalue weighted by Gasteiger charge is -2.25. The quantitative estimate of drug-likeness (QED) is 0.0568. The van der Waals surface area contributed by atoms with Crippen molar-refractivity contribution >= 4 is 69.9 Å². The van der Waals surface area contributed by atoms with E-state index < -0.39 is 23.9 Å². The number of carbonyl (C=O) groups is 4. The lowest BCUT2D eigenvalue weighted by atomic mass is 9.86. The Balaban J connectivity index is 2.03. The van der Waals surface area contributed by atoms with Crippen LogP contribution in [0.1, 0.15) is 99.6 Å². The Kier molecular flexibility index (Phi) is 17.4. The molecule has 3 aromatic carbocycles. The highest BCUT2D eigenvalue weighted by Gasteiger charge is 2.25. The number of nitrogens with one attached hydrogen (secondary N) is 4. The zero-order chi connectivity index (χ0) is 41.8. The van der Waals surface area contributed by atoms with Gasteiger partial charge in [0.15, 0.2) is 0 Å². The Morgan fingerprint density at radius 2 is 1.02 bits per heavy atom. The van der Waals surface area contributed by atoms with E-state index in [9.17, 15) is 19.2 Å². The van der Waals surface area contributed by atoms with Gasteiger partial charge in [0.1, 0.15) is 0 Å². The predicted molar refractivity (Wildman–Crippen MR) is 234 cm³/mol. The van der Waals surface area contributed by atoms with Gasteiger partial charge in [0.25, 0.3) is 11.8 Å². The van der Waals surface area contributed by atoms with E-state index in [1.807, 2.05) is 65.8 Å². The predicted octanol–water partition coefficient (Wildman–Crippen LogP) is 5.57. The average Bonchev–Trinajstić information content (AvgIpc) is 3.13. The molecule has 0 heterocycles. The number of benzene rings is 3. The second-order valence-corrected chi connectivity index (χ2v) is 17.9. The van der Waals surface area contributed by atoms with Crippen molar-refractivity contribution in [3.05, 3.63) is 70.8 Å². The molecule has 0 aliphatic heterocycles. The van der Waals surface area contributed by atoms with Crippen LogP contribution >= 0.6 is 23.5 Å². The highest BCUT2D eigenvalue weighted by molar-refractivity contribution is 7.99. The molecule has 0 aliphatic rings. The van der Waals surface area contributed by atoms with Gasteiger partial charge in [-0.3, -0.25) is 19.2 Å². The van der Waals surface area contributed by atoms with Crippen LogP contribution in [0.4, 0.5) is 22.7 Å². The fourth-order valence-corrected chi connectivity index (χ4v) is 7.14. The molecule has 2 atom stereocenters. The summed E-state index contributed by atoms with van der Waals surface area (Å²) in [4.78, 5) is 55.2. The van der Waals surface area contributed by atoms with E-state index in [0.717, 1.165) is 24.0 Å². The van der Waals surface area contributed by atoms with E-state index in [1.165, 1.54) is 29.6 Å². The third-order valence-electron chi connectivity index (χ3n) is 8.76. The first-order chi connectivity index (χ1) is 26.3. The van der Waals surface area contributed by atoms with Crippen molar-refractivity contribution in [3.63, 3.8) is 0 Å². The number of nitrogens with two attached hydrogens (primary N) is 5. The van der Waals surface area contributed by atoms with Crippen LogP contribution < -0.4 is 49.9 Å². The van der Waals surface area contributed by atoms with Crippen molar-refractivity contribution in [3.8, 4) is 0 Å². The molecule has 0 spiro atoms. The topological polar surface area (TPSA) is 247 Å². The SMILES string of the molecule is C[C@@H](N)C(=O)Nc1cc(C(C)(C)C)cc(NC(=O)c2cccc(C(=O)Nc3cc(C(C)(C)C)cc(NC(=O)C(N)CCCCN)c3SCCN)c2)c1SCCN. The molecule has 3 aromatic rings. The van der Waals surface area contributed by atoms with Crippen molar-refractivity contribution in [2.75, 3.05) is 52.4 Å². The van der Waals surface area contributed by atoms with Crippen molar-refractivity contribution in [1.29, 1.82) is 0 Å². The van der Waals surface area contributed by atoms with Crippen LogP contribution in [0.3, 0.4) is 0 Å². The summed E-state index contributed by atoms with van der Waals surface area (Å²) >= 11 is 2.82. The molecular weight excluding hydrogens is 747 g/mol. The van der Waals surface area contributed by atoms with Crippen LogP contribution in [0.25, 0.3) is 0 Å². The van der Waals surface area contributed by atoms with Crippen molar-refractivity contribution in [2.24, 2.45) is 28.7 Å². The first kappa shape index (κ1) is 46.4. The highest BCUT2D eigenvalue weighted by Crippen LogP contribution is 2.41. The largest absolute Gasteiger partial charge is 0.330 e. The first-order valence-corrected chi connectivity index (χ1v) is 20.9. The van der Waals surface area contributed by atoms with Crippen LogP contribution in [0.2, 0.25) is 0 Å². The number of thioether (sulfide) groups is 2. The van der Waals surface area contributed by atoms with Crippen LogP contribution in [0.5, 0.6) is 0 Å². The summed E-state index contributed by atoms with van der Waals surface area (Å²) in [5, 5.41) is 12.0. The normalized spacial score (nSPS) is 12.8. The number of unbranched alkanes of at least 4 members (excludes halogenated alkanes) is 1. The Bertz CT molecular complexity index is 1860. The maximum atomic E-state index is 14.0. The van der Waals surface area contributed by atoms with Crippen molar-refractivity contribution in [2.45, 2.75) is 100 Å². The van der Waals surface area contributed by atoms with Crippen LogP contribution in [-0.4, -0.2) is 66.9 Å². The molecule has 3 rings (SSSR count). The lowest BCUT2D eigenvalue weighted by Crippen LogP contribution is -2.36. The average molecular weight is 808 g/mol. The van der Waals surface area contributed by atoms with Gasteiger partial charge < -0.3 is 49.9 Å². The highest BCUT2D eigenvalue weighted by atomic mass is 32.2. The monoisotopic (exact) mass is 807 g/mol. The molecule has 0 saturated carbocycles. The van der Waals surface area contributed by atoms with Crippen LogP contribution in [0, 0.1) is 0 Å². The molecule has 13 nitrogen and oxygen atoms in total. The summed E-state index contributed by atoms with van der Waals surface area (Å²) in [6, 6.07) is 12.5. The molecule has 0 aliphatic carbocycles. The maximum Gasteiger partial charge on any atom is 0.255 e. The molecule has 306 valence electrons. The summed E-state index contributed by atoms with van der Waals surface area (Å²) in [5.41, 5.74) is 33.1. The van der Waals surface area contributed by atoms with Gasteiger partial charge in [0, 0.05) is 35.7 Å². The molecule has 1 unspecified atom stereocenters. The summed E-state index contributed by atoms with van der Waals surface area (Å²) < 4.78 is 0. The lowest BCUT2D eigenvalue weighted by molar-refractivity contribution is -0.118. The number of rotatable bonds is 18. The van der Waals surface area contributed by atoms with Gasteiger partial charge in [-0.2, -0.15) is 0 Å². The zero-order valence-electron chi connectivity index (χ0n) is 33.8. The molecule has 0 fully saturated rings. The fraction of sp³-hybridized carbons (Fsp3) is 0.463. The molecule has 56 heavy (non-hydrogen) atoms. The summed E-state index contributed by atoms with van der Waals surface area (Å²) in [6.07, 6.45) is 1.99. The van der Waals surface area contributed by atoms with E-state index >= 15 is 0 Å². The van der Waals surface area contributed by atoms with Gasteiger partial charge in [-0.05, 0) is 90.7 Å². The summed E-state index contributed by atoms with van der Waals surface area (Å²) in [7, 11) is 0. The van der Waals surface area contributed by atoms with Gasteiger partial charge in [-0.15, -0.1) is 23.5 Å². The minimum Gasteiger partial charge on any atom is -0.330 e. The van der Waals surface area contributed by atoms with Gasteiger partial charge in [0.2, 0.25) is 11.8 Å². The first-order valence-electron chi connectivity index (χ1n) is 18.9. The molecule has 0 saturated heterocycles. The third-order valence-corrected chi connectivity index (χ3v) is 11.1. The second-order valence-electron chi connectivity index (χ2n) is 15.7. The van der Waals surface area contributed by atoms with Crippen LogP contribution in [-0.2, 0) is 20.4 Å². The third kappa shape index (κ3) is 13.3. The maximum absolute atomic E-state index is 14.0. The standard InChI is InChI=1S/C41H61N9O4S2/c1-24(45)36(51)47-30-20-27(40(2,3)4)21-31(34(30)55-17-15-43)48-37(52)25-11-10-12-26(19-25)38(53)49-32-22-28(41(5,6)7)23-33(35(32)56-18-16-44)50-39(54)29(46)13-8-9-14-42/h10-12,19-24,29H,8-9,13-18,42-46H2,1-7H3,(H,47,51)(H,48,52)(H,49,53)(H,50,54)/t24-,29?/m1/s1. The van der Waals surface area contributed by atoms with E-state index in [-0.39, 0.29) is 33.8 Å². The van der Waals surface area contributed by atoms with E-state index in [0.29, 0.717) is 70.1 Å². The minimum absolute atomic E-state index is 0.243. The second kappa shape index (κ2) is 21.0. The van der Waals surface area contributed by atoms with Gasteiger partial charge in [-0.1, -0.05) is 54.0 Å². The Labute approximate surface area is 340 Å². The van der Waals surface area contributed by atoms with Crippen molar-refractivity contribution < 1.29 is 19.2 Å². The number of carbonyl (C=O) groups excluding carboxylic acids is 4. The molecule has 0 radical (unpaired) electrons. The van der Waals surface area contributed by atoms with Crippen molar-refractivity contribution in [1.82, 2.24) is 0 Å². The smallest absolute Gasteiger partial charge is 0.255 e. The zero-order valence-corrected chi connectivity index (χ0v) is 35.4. The van der Waals surface area contributed by atoms with Gasteiger partial charge >= 0.3 is 0 Å². The molecule has 0 aromatic heterocycles. The number of amides is 4. The number of anilines is 4. The van der Waals surface area contributed by atoms with Gasteiger partial charge in [0.05, 0.1) is 44.6 Å². The van der Waals surface area contributed by atoms with E-state index in [1.54, 1.807) is 25.1 Å². The minimum atomic E-state index is -0.751. The molecule has 4 amide bonds. The summed E-state index contributed by atoms with van der Waals surface area (Å²) in [5.74, 6) is -0.548. The Morgan fingerprint density at radius 3 is 1.39 bits per heavy atom. The van der Waals surface area contributed by atoms with Crippen LogP contribution in [0.15, 0.2) is 58.3 Å². The summed E-state index contributed by atoms with van der Waals surface area (Å²) in [6.45, 7) is 15.1. The van der Waals surface area contributed by atoms with E-state index in [2.05, 4.69) is 21.3 Å². The van der Waals surface area contributed by atoms with E-state index in [4.69, 9.17) is 28.7 Å². The van der Waals surface area contributed by atoms with Gasteiger partial charge in [-0.25, -0.2) is 0 Å². The molecule has 14 N–H and O–H groups in total. The molecule has 0 bridgehead atoms. The molecule has 15 heteroatoms. The Morgan fingerprint density at radius 1 is 0.607 bits per heavy atom. The number of hydrogen-bond acceptors (Lipinski definition) is 11. The molecular formula is C41H61N9O4S2. The Hall–Kier alpha value is -3.96.